The smallest absolute Gasteiger partial charge is 0.194 e. The van der Waals surface area contributed by atoms with E-state index in [0.717, 1.165) is 41.7 Å². The second-order valence-corrected chi connectivity index (χ2v) is 6.64. The highest BCUT2D eigenvalue weighted by atomic mass is 16.5. The molecule has 7 heteroatoms. The van der Waals surface area contributed by atoms with E-state index in [0.29, 0.717) is 13.2 Å². The van der Waals surface area contributed by atoms with Crippen LogP contribution in [0.25, 0.3) is 11.4 Å². The fraction of sp³-hybridized carbons (Fsp3) is 0.318. The van der Waals surface area contributed by atoms with Gasteiger partial charge >= 0.3 is 0 Å². The quantitative estimate of drug-likeness (QED) is 0.453. The Hall–Kier alpha value is -3.35. The maximum atomic E-state index is 5.52. The number of ether oxygens (including phenoxy) is 1. The van der Waals surface area contributed by atoms with Crippen LogP contribution < -0.4 is 10.1 Å². The monoisotopic (exact) mass is 392 g/mol. The van der Waals surface area contributed by atoms with E-state index in [1.54, 1.807) is 0 Å². The van der Waals surface area contributed by atoms with Crippen LogP contribution in [0, 0.1) is 0 Å². The first-order chi connectivity index (χ1) is 14.2. The zero-order valence-electron chi connectivity index (χ0n) is 17.2. The lowest BCUT2D eigenvalue weighted by atomic mass is 10.1. The van der Waals surface area contributed by atoms with Gasteiger partial charge in [-0.1, -0.05) is 30.3 Å². The molecule has 0 bridgehead atoms. The summed E-state index contributed by atoms with van der Waals surface area (Å²) in [6, 6.07) is 16.4. The molecule has 0 aliphatic rings. The predicted molar refractivity (Wildman–Crippen MR) is 116 cm³/mol. The minimum Gasteiger partial charge on any atom is -0.494 e. The second-order valence-electron chi connectivity index (χ2n) is 6.64. The molecule has 0 atom stereocenters. The van der Waals surface area contributed by atoms with Crippen molar-refractivity contribution in [2.75, 3.05) is 20.2 Å². The molecule has 0 aliphatic heterocycles. The minimum atomic E-state index is 0.581. The molecule has 0 spiro atoms. The van der Waals surface area contributed by atoms with E-state index in [1.165, 1.54) is 11.9 Å². The van der Waals surface area contributed by atoms with Gasteiger partial charge in [-0.05, 0) is 43.2 Å². The molecule has 0 amide bonds. The van der Waals surface area contributed by atoms with Crippen molar-refractivity contribution < 1.29 is 4.74 Å². The van der Waals surface area contributed by atoms with Gasteiger partial charge in [-0.25, -0.2) is 9.98 Å². The van der Waals surface area contributed by atoms with Crippen LogP contribution in [0.5, 0.6) is 5.75 Å². The number of nitrogens with one attached hydrogen (secondary N) is 2. The number of H-pyrrole nitrogens is 1. The number of benzene rings is 2. The highest BCUT2D eigenvalue weighted by Crippen LogP contribution is 2.16. The van der Waals surface area contributed by atoms with Gasteiger partial charge in [0.1, 0.15) is 12.1 Å². The minimum absolute atomic E-state index is 0.581. The van der Waals surface area contributed by atoms with Gasteiger partial charge in [-0.2, -0.15) is 5.10 Å². The Morgan fingerprint density at radius 3 is 2.66 bits per heavy atom. The molecule has 1 aromatic heterocycles. The van der Waals surface area contributed by atoms with Gasteiger partial charge in [0.05, 0.1) is 13.2 Å². The van der Waals surface area contributed by atoms with Gasteiger partial charge in [-0.15, -0.1) is 0 Å². The van der Waals surface area contributed by atoms with E-state index < -0.39 is 0 Å². The van der Waals surface area contributed by atoms with E-state index in [2.05, 4.69) is 56.6 Å². The molecular formula is C22H28N6O. The maximum Gasteiger partial charge on any atom is 0.194 e. The SMILES string of the molecule is CCNC(=NCc1cccc(-c2ncn[nH]2)c1)N(C)Cc1ccc(OCC)cc1. The Morgan fingerprint density at radius 1 is 1.14 bits per heavy atom. The molecule has 3 aromatic rings. The molecule has 0 radical (unpaired) electrons. The number of aliphatic imine (C=N–C) groups is 1. The summed E-state index contributed by atoms with van der Waals surface area (Å²) in [6.45, 7) is 6.89. The summed E-state index contributed by atoms with van der Waals surface area (Å²) >= 11 is 0. The van der Waals surface area contributed by atoms with Crippen molar-refractivity contribution in [1.82, 2.24) is 25.4 Å². The third-order valence-corrected chi connectivity index (χ3v) is 4.38. The van der Waals surface area contributed by atoms with Crippen LogP contribution in [0.2, 0.25) is 0 Å². The van der Waals surface area contributed by atoms with Crippen LogP contribution >= 0.6 is 0 Å². The summed E-state index contributed by atoms with van der Waals surface area (Å²) < 4.78 is 5.52. The predicted octanol–water partition coefficient (Wildman–Crippen LogP) is 3.47. The summed E-state index contributed by atoms with van der Waals surface area (Å²) in [4.78, 5) is 11.1. The lowest BCUT2D eigenvalue weighted by Gasteiger charge is -2.22. The topological polar surface area (TPSA) is 78.4 Å². The van der Waals surface area contributed by atoms with E-state index in [1.807, 2.05) is 38.2 Å². The third-order valence-electron chi connectivity index (χ3n) is 4.38. The Bertz CT molecular complexity index is 905. The van der Waals surface area contributed by atoms with E-state index >= 15 is 0 Å². The number of hydrogen-bond acceptors (Lipinski definition) is 4. The molecule has 0 unspecified atom stereocenters. The first kappa shape index (κ1) is 20.4. The van der Waals surface area contributed by atoms with Crippen molar-refractivity contribution in [3.63, 3.8) is 0 Å². The summed E-state index contributed by atoms with van der Waals surface area (Å²) in [5.74, 6) is 2.52. The fourth-order valence-corrected chi connectivity index (χ4v) is 3.00. The summed E-state index contributed by atoms with van der Waals surface area (Å²) in [6.07, 6.45) is 1.51. The molecule has 152 valence electrons. The van der Waals surface area contributed by atoms with Crippen molar-refractivity contribution in [1.29, 1.82) is 0 Å². The zero-order valence-corrected chi connectivity index (χ0v) is 17.2. The van der Waals surface area contributed by atoms with Crippen LogP contribution in [0.15, 0.2) is 59.9 Å². The first-order valence-electron chi connectivity index (χ1n) is 9.85. The molecule has 1 heterocycles. The Kier molecular flexibility index (Phi) is 7.22. The van der Waals surface area contributed by atoms with Crippen LogP contribution in [-0.4, -0.2) is 46.2 Å². The molecular weight excluding hydrogens is 364 g/mol. The van der Waals surface area contributed by atoms with Crippen molar-refractivity contribution in [3.8, 4) is 17.1 Å². The molecule has 2 aromatic carbocycles. The van der Waals surface area contributed by atoms with Crippen molar-refractivity contribution in [2.45, 2.75) is 26.9 Å². The van der Waals surface area contributed by atoms with Crippen LogP contribution in [-0.2, 0) is 13.1 Å². The zero-order chi connectivity index (χ0) is 20.5. The van der Waals surface area contributed by atoms with Crippen molar-refractivity contribution >= 4 is 5.96 Å². The maximum absolute atomic E-state index is 5.52. The van der Waals surface area contributed by atoms with E-state index in [9.17, 15) is 0 Å². The van der Waals surface area contributed by atoms with Gasteiger partial charge in [0.25, 0.3) is 0 Å². The van der Waals surface area contributed by atoms with Crippen molar-refractivity contribution in [2.24, 2.45) is 4.99 Å². The highest BCUT2D eigenvalue weighted by molar-refractivity contribution is 5.79. The van der Waals surface area contributed by atoms with Gasteiger partial charge in [0, 0.05) is 25.7 Å². The van der Waals surface area contributed by atoms with Gasteiger partial charge < -0.3 is 15.0 Å². The molecule has 0 aliphatic carbocycles. The Morgan fingerprint density at radius 2 is 1.97 bits per heavy atom. The molecule has 29 heavy (non-hydrogen) atoms. The average molecular weight is 393 g/mol. The number of hydrogen-bond donors (Lipinski definition) is 2. The summed E-state index contributed by atoms with van der Waals surface area (Å²) in [5, 5.41) is 10.2. The van der Waals surface area contributed by atoms with Crippen LogP contribution in [0.1, 0.15) is 25.0 Å². The Labute approximate surface area is 171 Å². The van der Waals surface area contributed by atoms with E-state index in [-0.39, 0.29) is 0 Å². The molecule has 2 N–H and O–H groups in total. The number of aromatic nitrogens is 3. The van der Waals surface area contributed by atoms with Gasteiger partial charge in [0.2, 0.25) is 0 Å². The number of aromatic amines is 1. The van der Waals surface area contributed by atoms with Crippen LogP contribution in [0.3, 0.4) is 0 Å². The molecule has 0 saturated carbocycles. The Balaban J connectivity index is 1.68. The van der Waals surface area contributed by atoms with Gasteiger partial charge in [-0.3, -0.25) is 5.10 Å². The second kappa shape index (κ2) is 10.3. The third kappa shape index (κ3) is 5.81. The fourth-order valence-electron chi connectivity index (χ4n) is 3.00. The van der Waals surface area contributed by atoms with Crippen molar-refractivity contribution in [3.05, 3.63) is 66.0 Å². The number of nitrogens with zero attached hydrogens (tertiary/aromatic N) is 4. The normalized spacial score (nSPS) is 11.3. The number of guanidine groups is 1. The lowest BCUT2D eigenvalue weighted by molar-refractivity contribution is 0.340. The standard InChI is InChI=1S/C22H28N6O/c1-4-23-22(28(3)15-17-9-11-20(12-10-17)29-5-2)24-14-18-7-6-8-19(13-18)21-25-16-26-27-21/h6-13,16H,4-5,14-15H2,1-3H3,(H,23,24)(H,25,26,27). The van der Waals surface area contributed by atoms with Gasteiger partial charge in [0.15, 0.2) is 11.8 Å². The largest absolute Gasteiger partial charge is 0.494 e. The molecule has 0 fully saturated rings. The van der Waals surface area contributed by atoms with Crippen LogP contribution in [0.4, 0.5) is 0 Å². The lowest BCUT2D eigenvalue weighted by Crippen LogP contribution is -2.38. The summed E-state index contributed by atoms with van der Waals surface area (Å²) in [5.41, 5.74) is 3.32. The summed E-state index contributed by atoms with van der Waals surface area (Å²) in [7, 11) is 2.04. The highest BCUT2D eigenvalue weighted by Gasteiger charge is 2.08. The number of rotatable bonds is 8. The first-order valence-corrected chi connectivity index (χ1v) is 9.85. The molecule has 0 saturated heterocycles. The average Bonchev–Trinajstić information content (AvgIpc) is 3.28. The molecule has 3 rings (SSSR count). The van der Waals surface area contributed by atoms with E-state index in [4.69, 9.17) is 9.73 Å². The molecule has 7 nitrogen and oxygen atoms in total.